The highest BCUT2D eigenvalue weighted by molar-refractivity contribution is 8.93. The van der Waals surface area contributed by atoms with Crippen molar-refractivity contribution in [3.05, 3.63) is 81.3 Å². The van der Waals surface area contributed by atoms with E-state index in [4.69, 9.17) is 16.6 Å². The van der Waals surface area contributed by atoms with Gasteiger partial charge < -0.3 is 0 Å². The number of hydrogen-bond acceptors (Lipinski definition) is 3. The number of hydrogen-bond donors (Lipinski definition) is 1. The summed E-state index contributed by atoms with van der Waals surface area (Å²) in [6.45, 7) is 6.41. The first kappa shape index (κ1) is 21.6. The summed E-state index contributed by atoms with van der Waals surface area (Å²) in [4.78, 5) is 18.4. The number of rotatable bonds is 4. The Morgan fingerprint density at radius 3 is 2.33 bits per heavy atom. The van der Waals surface area contributed by atoms with E-state index in [0.29, 0.717) is 15.7 Å². The van der Waals surface area contributed by atoms with Crippen molar-refractivity contribution >= 4 is 51.0 Å². The van der Waals surface area contributed by atoms with Gasteiger partial charge in [0.1, 0.15) is 0 Å². The molecule has 0 saturated heterocycles. The van der Waals surface area contributed by atoms with Gasteiger partial charge in [0.25, 0.3) is 5.91 Å². The number of nitrogens with zero attached hydrogens (tertiary/aromatic N) is 1. The van der Waals surface area contributed by atoms with Crippen molar-refractivity contribution in [2.24, 2.45) is 0 Å². The smallest absolute Gasteiger partial charge is 0.258 e. The number of aromatic nitrogens is 1. The van der Waals surface area contributed by atoms with Gasteiger partial charge in [0.2, 0.25) is 0 Å². The molecule has 3 nitrogen and oxygen atoms in total. The molecular formula is C21H22BrClN2OS. The van der Waals surface area contributed by atoms with Gasteiger partial charge in [-0.3, -0.25) is 10.1 Å². The fourth-order valence-corrected chi connectivity index (χ4v) is 4.13. The molecule has 1 heterocycles. The topological polar surface area (TPSA) is 42.0 Å². The minimum Gasteiger partial charge on any atom is -0.298 e. The van der Waals surface area contributed by atoms with E-state index < -0.39 is 0 Å². The van der Waals surface area contributed by atoms with Crippen molar-refractivity contribution < 1.29 is 4.79 Å². The van der Waals surface area contributed by atoms with Crippen LogP contribution in [-0.4, -0.2) is 10.9 Å². The van der Waals surface area contributed by atoms with Crippen LogP contribution in [0.25, 0.3) is 0 Å². The molecule has 0 unspecified atom stereocenters. The van der Waals surface area contributed by atoms with E-state index in [2.05, 4.69) is 38.2 Å². The van der Waals surface area contributed by atoms with E-state index >= 15 is 0 Å². The van der Waals surface area contributed by atoms with Crippen molar-refractivity contribution in [3.63, 3.8) is 0 Å². The zero-order valence-electron chi connectivity index (χ0n) is 15.5. The van der Waals surface area contributed by atoms with E-state index in [1.54, 1.807) is 24.3 Å². The zero-order chi connectivity index (χ0) is 18.7. The number of benzene rings is 2. The van der Waals surface area contributed by atoms with Gasteiger partial charge in [-0.25, -0.2) is 4.98 Å². The van der Waals surface area contributed by atoms with Gasteiger partial charge in [-0.2, -0.15) is 0 Å². The average molecular weight is 466 g/mol. The molecule has 0 radical (unpaired) electrons. The Morgan fingerprint density at radius 2 is 1.70 bits per heavy atom. The maximum Gasteiger partial charge on any atom is 0.258 e. The fourth-order valence-electron chi connectivity index (χ4n) is 2.70. The summed E-state index contributed by atoms with van der Waals surface area (Å²) >= 11 is 7.65. The Morgan fingerprint density at radius 1 is 1.07 bits per heavy atom. The molecule has 0 bridgehead atoms. The predicted molar refractivity (Wildman–Crippen MR) is 120 cm³/mol. The lowest BCUT2D eigenvalue weighted by Gasteiger charge is -2.17. The van der Waals surface area contributed by atoms with Gasteiger partial charge in [-0.15, -0.1) is 28.3 Å². The molecule has 0 atom stereocenters. The number of carbonyl (C=O) groups excluding carboxylic acids is 1. The van der Waals surface area contributed by atoms with Gasteiger partial charge in [-0.1, -0.05) is 74.8 Å². The fraction of sp³-hybridized carbons (Fsp3) is 0.238. The van der Waals surface area contributed by atoms with Gasteiger partial charge in [0, 0.05) is 16.7 Å². The second-order valence-electron chi connectivity index (χ2n) is 7.14. The summed E-state index contributed by atoms with van der Waals surface area (Å²) in [6, 6.07) is 17.3. The van der Waals surface area contributed by atoms with Crippen LogP contribution >= 0.6 is 39.9 Å². The predicted octanol–water partition coefficient (Wildman–Crippen LogP) is 6.52. The second kappa shape index (κ2) is 9.00. The highest BCUT2D eigenvalue weighted by Gasteiger charge is 2.24. The molecule has 0 aliphatic carbocycles. The van der Waals surface area contributed by atoms with E-state index in [1.807, 2.05) is 18.2 Å². The summed E-state index contributed by atoms with van der Waals surface area (Å²) in [5, 5.41) is 3.94. The minimum atomic E-state index is -0.240. The number of nitrogens with one attached hydrogen (secondary N) is 1. The molecule has 27 heavy (non-hydrogen) atoms. The summed E-state index contributed by atoms with van der Waals surface area (Å²) < 4.78 is 0. The van der Waals surface area contributed by atoms with Crippen LogP contribution in [0.4, 0.5) is 5.13 Å². The first-order chi connectivity index (χ1) is 12.3. The number of halogens is 2. The van der Waals surface area contributed by atoms with Crippen molar-refractivity contribution in [1.82, 2.24) is 4.98 Å². The third-order valence-electron chi connectivity index (χ3n) is 3.95. The molecule has 6 heteroatoms. The van der Waals surface area contributed by atoms with Crippen LogP contribution < -0.4 is 5.32 Å². The quantitative estimate of drug-likeness (QED) is 0.477. The number of anilines is 1. The molecule has 1 N–H and O–H groups in total. The molecule has 0 aliphatic rings. The molecule has 1 amide bonds. The van der Waals surface area contributed by atoms with Crippen LogP contribution in [0.5, 0.6) is 0 Å². The second-order valence-corrected chi connectivity index (χ2v) is 8.63. The Hall–Kier alpha value is -1.69. The van der Waals surface area contributed by atoms with Gasteiger partial charge in [-0.05, 0) is 17.7 Å². The Labute approximate surface area is 179 Å². The molecule has 0 saturated carbocycles. The molecule has 1 aromatic heterocycles. The first-order valence-electron chi connectivity index (χ1n) is 8.44. The molecule has 3 aromatic rings. The van der Waals surface area contributed by atoms with Crippen molar-refractivity contribution in [2.45, 2.75) is 32.6 Å². The largest absolute Gasteiger partial charge is 0.298 e. The third kappa shape index (κ3) is 5.41. The summed E-state index contributed by atoms with van der Waals surface area (Å²) in [7, 11) is 0. The van der Waals surface area contributed by atoms with Gasteiger partial charge >= 0.3 is 0 Å². The van der Waals surface area contributed by atoms with Gasteiger partial charge in [0.15, 0.2) is 5.13 Å². The Bertz CT molecular complexity index is 919. The van der Waals surface area contributed by atoms with Gasteiger partial charge in [0.05, 0.1) is 16.3 Å². The van der Waals surface area contributed by atoms with Crippen molar-refractivity contribution in [2.75, 3.05) is 5.32 Å². The molecule has 0 spiro atoms. The SMILES string of the molecule is Br.CC(C)(C)c1nc(NC(=O)c2ccccc2Cl)sc1Cc1ccccc1. The molecule has 142 valence electrons. The Balaban J connectivity index is 0.00000261. The molecule has 2 aromatic carbocycles. The third-order valence-corrected chi connectivity index (χ3v) is 5.25. The standard InChI is InChI=1S/C21H21ClN2OS.BrH/c1-21(2,3)18-17(13-14-9-5-4-6-10-14)26-20(23-18)24-19(25)15-11-7-8-12-16(15)22;/h4-12H,13H2,1-3H3,(H,23,24,25);1H. The van der Waals surface area contributed by atoms with Crippen molar-refractivity contribution in [3.8, 4) is 0 Å². The molecule has 0 fully saturated rings. The van der Waals surface area contributed by atoms with Crippen LogP contribution in [0.1, 0.15) is 47.3 Å². The van der Waals surface area contributed by atoms with Crippen LogP contribution in [0, 0.1) is 0 Å². The summed E-state index contributed by atoms with van der Waals surface area (Å²) in [6.07, 6.45) is 0.799. The van der Waals surface area contributed by atoms with Crippen LogP contribution in [0.3, 0.4) is 0 Å². The average Bonchev–Trinajstić information content (AvgIpc) is 2.98. The lowest BCUT2D eigenvalue weighted by Crippen LogP contribution is -2.15. The minimum absolute atomic E-state index is 0. The van der Waals surface area contributed by atoms with E-state index in [-0.39, 0.29) is 28.3 Å². The highest BCUT2D eigenvalue weighted by atomic mass is 79.9. The van der Waals surface area contributed by atoms with E-state index in [9.17, 15) is 4.79 Å². The summed E-state index contributed by atoms with van der Waals surface area (Å²) in [5.74, 6) is -0.240. The highest BCUT2D eigenvalue weighted by Crippen LogP contribution is 2.34. The molecular weight excluding hydrogens is 444 g/mol. The molecule has 0 aliphatic heterocycles. The first-order valence-corrected chi connectivity index (χ1v) is 9.64. The van der Waals surface area contributed by atoms with Crippen LogP contribution in [-0.2, 0) is 11.8 Å². The molecule has 3 rings (SSSR count). The maximum atomic E-state index is 12.5. The number of carbonyl (C=O) groups is 1. The maximum absolute atomic E-state index is 12.5. The zero-order valence-corrected chi connectivity index (χ0v) is 18.7. The monoisotopic (exact) mass is 464 g/mol. The number of thiazole rings is 1. The Kier molecular flexibility index (Phi) is 7.20. The normalized spacial score (nSPS) is 11.0. The van der Waals surface area contributed by atoms with Crippen LogP contribution in [0.15, 0.2) is 54.6 Å². The van der Waals surface area contributed by atoms with Crippen molar-refractivity contribution in [1.29, 1.82) is 0 Å². The lowest BCUT2D eigenvalue weighted by molar-refractivity contribution is 0.102. The van der Waals surface area contributed by atoms with Crippen LogP contribution in [0.2, 0.25) is 5.02 Å². The summed E-state index contributed by atoms with van der Waals surface area (Å²) in [5.41, 5.74) is 2.59. The van der Waals surface area contributed by atoms with E-state index in [0.717, 1.165) is 17.0 Å². The lowest BCUT2D eigenvalue weighted by atomic mass is 9.90. The number of amides is 1. The van der Waals surface area contributed by atoms with E-state index in [1.165, 1.54) is 16.9 Å².